The zero-order valence-corrected chi connectivity index (χ0v) is 11.1. The van der Waals surface area contributed by atoms with E-state index in [0.29, 0.717) is 6.54 Å². The molecule has 0 spiro atoms. The fraction of sp³-hybridized carbons (Fsp3) is 0.600. The minimum Gasteiger partial charge on any atom is -0.444 e. The van der Waals surface area contributed by atoms with Crippen molar-refractivity contribution in [3.05, 3.63) is 12.2 Å². The number of carbonyl (C=O) groups is 2. The van der Waals surface area contributed by atoms with E-state index in [0.717, 1.165) is 0 Å². The maximum absolute atomic E-state index is 11.7. The Morgan fingerprint density at radius 2 is 2.07 bits per heavy atom. The molecule has 0 aromatic carbocycles. The maximum Gasteiger partial charge on any atom is 0.411 e. The number of carbonyl (C=O) groups excluding carboxylic acids is 2. The van der Waals surface area contributed by atoms with E-state index >= 15 is 0 Å². The van der Waals surface area contributed by atoms with Crippen molar-refractivity contribution in [2.24, 2.45) is 0 Å². The Labute approximate surface area is 103 Å². The van der Waals surface area contributed by atoms with Crippen molar-refractivity contribution in [1.29, 1.82) is 0 Å². The Morgan fingerprint density at radius 1 is 1.47 bits per heavy atom. The summed E-state index contributed by atoms with van der Waals surface area (Å²) in [5.41, 5.74) is -0.529. The first-order valence-electron chi connectivity index (χ1n) is 4.67. The Balaban J connectivity index is 2.65. The highest BCUT2D eigenvalue weighted by Crippen LogP contribution is 2.18. The smallest absolute Gasteiger partial charge is 0.411 e. The van der Waals surface area contributed by atoms with E-state index in [1.165, 1.54) is 4.90 Å². The van der Waals surface area contributed by atoms with E-state index in [4.69, 9.17) is 4.74 Å². The number of ether oxygens (including phenoxy) is 1. The number of rotatable bonds is 1. The number of amides is 1. The molecule has 0 saturated carbocycles. The maximum atomic E-state index is 11.7. The zero-order valence-electron chi connectivity index (χ0n) is 8.99. The van der Waals surface area contributed by atoms with Crippen LogP contribution in [0.2, 0.25) is 0 Å². The quantitative estimate of drug-likeness (QED) is 0.422. The summed E-state index contributed by atoms with van der Waals surface area (Å²) in [4.78, 5) is 24.3. The fourth-order valence-corrected chi connectivity index (χ4v) is 1.77. The van der Waals surface area contributed by atoms with Crippen molar-refractivity contribution in [1.82, 2.24) is 4.90 Å². The van der Waals surface area contributed by atoms with Gasteiger partial charge < -0.3 is 4.74 Å². The number of hydrogen-bond donors (Lipinski definition) is 0. The molecule has 0 aromatic heterocycles. The van der Waals surface area contributed by atoms with Gasteiger partial charge in [-0.2, -0.15) is 0 Å². The summed E-state index contributed by atoms with van der Waals surface area (Å²) in [6, 6.07) is -0.472. The van der Waals surface area contributed by atoms with Crippen molar-refractivity contribution in [2.75, 3.05) is 6.54 Å². The first kappa shape index (κ1) is 12.5. The van der Waals surface area contributed by atoms with Crippen LogP contribution in [0.3, 0.4) is 0 Å². The van der Waals surface area contributed by atoms with Gasteiger partial charge in [-0.25, -0.2) is 4.79 Å². The third-order valence-corrected chi connectivity index (χ3v) is 2.45. The molecule has 1 aliphatic heterocycles. The lowest BCUT2D eigenvalue weighted by Gasteiger charge is -2.27. The summed E-state index contributed by atoms with van der Waals surface area (Å²) in [5, 5.41) is 0. The highest BCUT2D eigenvalue weighted by atomic mass is 127. The monoisotopic (exact) mass is 323 g/mol. The standard InChI is InChI=1S/C10H14INO3/c1-10(2,3)15-9(14)12-6-4-5-7(12)8(11)13/h4-5,7H,6H2,1-3H3. The molecule has 0 saturated heterocycles. The Bertz CT molecular complexity index is 306. The number of nitrogens with zero attached hydrogens (tertiary/aromatic N) is 1. The summed E-state index contributed by atoms with van der Waals surface area (Å²) >= 11 is 1.69. The van der Waals surface area contributed by atoms with Crippen molar-refractivity contribution in [2.45, 2.75) is 32.4 Å². The molecule has 84 valence electrons. The van der Waals surface area contributed by atoms with Gasteiger partial charge in [0.1, 0.15) is 11.6 Å². The zero-order chi connectivity index (χ0) is 11.6. The molecule has 1 atom stereocenters. The summed E-state index contributed by atoms with van der Waals surface area (Å²) in [6.07, 6.45) is 3.08. The highest BCUT2D eigenvalue weighted by molar-refractivity contribution is 14.1. The van der Waals surface area contributed by atoms with Gasteiger partial charge >= 0.3 is 6.09 Å². The molecular weight excluding hydrogens is 309 g/mol. The minimum absolute atomic E-state index is 0.0767. The van der Waals surface area contributed by atoms with E-state index < -0.39 is 17.7 Å². The van der Waals surface area contributed by atoms with Gasteiger partial charge in [0.05, 0.1) is 0 Å². The predicted octanol–water partition coefficient (Wildman–Crippen LogP) is 2.12. The average molecular weight is 323 g/mol. The summed E-state index contributed by atoms with van der Waals surface area (Å²) in [7, 11) is 0. The molecule has 0 aromatic rings. The van der Waals surface area contributed by atoms with Crippen LogP contribution in [0.25, 0.3) is 0 Å². The van der Waals surface area contributed by atoms with E-state index in [1.807, 2.05) is 0 Å². The lowest BCUT2D eigenvalue weighted by atomic mass is 10.2. The molecule has 1 aliphatic rings. The highest BCUT2D eigenvalue weighted by Gasteiger charge is 2.32. The second-order valence-electron chi connectivity index (χ2n) is 4.31. The topological polar surface area (TPSA) is 46.6 Å². The first-order chi connectivity index (χ1) is 6.81. The van der Waals surface area contributed by atoms with E-state index in [1.54, 1.807) is 55.5 Å². The molecule has 1 rings (SSSR count). The summed E-state index contributed by atoms with van der Waals surface area (Å²) in [6.45, 7) is 5.84. The molecule has 0 fully saturated rings. The third-order valence-electron chi connectivity index (χ3n) is 1.82. The third kappa shape index (κ3) is 3.48. The predicted molar refractivity (Wildman–Crippen MR) is 64.9 cm³/mol. The molecule has 15 heavy (non-hydrogen) atoms. The van der Waals surface area contributed by atoms with Crippen molar-refractivity contribution >= 4 is 32.5 Å². The van der Waals surface area contributed by atoms with Crippen LogP contribution in [0.4, 0.5) is 4.79 Å². The van der Waals surface area contributed by atoms with Crippen LogP contribution >= 0.6 is 22.6 Å². The molecule has 5 heteroatoms. The second-order valence-corrected chi connectivity index (χ2v) is 5.37. The van der Waals surface area contributed by atoms with Gasteiger partial charge in [0, 0.05) is 29.1 Å². The van der Waals surface area contributed by atoms with Crippen molar-refractivity contribution in [3.8, 4) is 0 Å². The largest absolute Gasteiger partial charge is 0.444 e. The van der Waals surface area contributed by atoms with E-state index in [-0.39, 0.29) is 3.79 Å². The summed E-state index contributed by atoms with van der Waals surface area (Å²) < 4.78 is 5.12. The molecule has 1 amide bonds. The molecule has 1 unspecified atom stereocenters. The normalized spacial score (nSPS) is 20.5. The molecule has 0 N–H and O–H groups in total. The fourth-order valence-electron chi connectivity index (χ4n) is 1.23. The molecular formula is C10H14INO3. The average Bonchev–Trinajstić information content (AvgIpc) is 2.47. The van der Waals surface area contributed by atoms with Gasteiger partial charge in [-0.15, -0.1) is 0 Å². The van der Waals surface area contributed by atoms with Gasteiger partial charge in [0.2, 0.25) is 3.79 Å². The van der Waals surface area contributed by atoms with Crippen LogP contribution in [0.5, 0.6) is 0 Å². The molecule has 0 aliphatic carbocycles. The van der Waals surface area contributed by atoms with Crippen LogP contribution < -0.4 is 0 Å². The van der Waals surface area contributed by atoms with Gasteiger partial charge in [-0.05, 0) is 20.8 Å². The second kappa shape index (κ2) is 4.51. The molecule has 4 nitrogen and oxygen atoms in total. The van der Waals surface area contributed by atoms with Gasteiger partial charge in [-0.3, -0.25) is 9.69 Å². The van der Waals surface area contributed by atoms with E-state index in [9.17, 15) is 9.59 Å². The lowest BCUT2D eigenvalue weighted by Crippen LogP contribution is -2.42. The number of halogens is 1. The van der Waals surface area contributed by atoms with Crippen LogP contribution in [0.15, 0.2) is 12.2 Å². The Hall–Kier alpha value is -0.590. The molecule has 0 bridgehead atoms. The van der Waals surface area contributed by atoms with Gasteiger partial charge in [0.25, 0.3) is 0 Å². The summed E-state index contributed by atoms with van der Waals surface area (Å²) in [5.74, 6) is 0. The van der Waals surface area contributed by atoms with Crippen molar-refractivity contribution < 1.29 is 14.3 Å². The molecule has 0 radical (unpaired) electrons. The SMILES string of the molecule is CC(C)(C)OC(=O)N1CC=CC1C(=O)I. The first-order valence-corrected chi connectivity index (χ1v) is 5.75. The number of hydrogen-bond acceptors (Lipinski definition) is 3. The Morgan fingerprint density at radius 3 is 2.53 bits per heavy atom. The molecule has 1 heterocycles. The van der Waals surface area contributed by atoms with Crippen molar-refractivity contribution in [3.63, 3.8) is 0 Å². The van der Waals surface area contributed by atoms with Crippen LogP contribution in [0.1, 0.15) is 20.8 Å². The van der Waals surface area contributed by atoms with Crippen LogP contribution in [0, 0.1) is 0 Å². The van der Waals surface area contributed by atoms with Crippen LogP contribution in [-0.4, -0.2) is 33.0 Å². The minimum atomic E-state index is -0.529. The van der Waals surface area contributed by atoms with Crippen LogP contribution in [-0.2, 0) is 9.53 Å². The van der Waals surface area contributed by atoms with Gasteiger partial charge in [0.15, 0.2) is 0 Å². The van der Waals surface area contributed by atoms with E-state index in [2.05, 4.69) is 0 Å². The van der Waals surface area contributed by atoms with Gasteiger partial charge in [-0.1, -0.05) is 12.2 Å². The Kier molecular flexibility index (Phi) is 3.75. The lowest BCUT2D eigenvalue weighted by molar-refractivity contribution is -0.112.